The lowest BCUT2D eigenvalue weighted by molar-refractivity contribution is 0.898. The predicted molar refractivity (Wildman–Crippen MR) is 75.7 cm³/mol. The topological polar surface area (TPSA) is 43.8 Å². The lowest BCUT2D eigenvalue weighted by Crippen LogP contribution is -1.98. The molecule has 3 heteroatoms. The fourth-order valence-electron chi connectivity index (χ4n) is 2.52. The number of hydrogen-bond donors (Lipinski definition) is 1. The van der Waals surface area contributed by atoms with Crippen molar-refractivity contribution in [2.24, 2.45) is 7.05 Å². The van der Waals surface area contributed by atoms with Gasteiger partial charge in [-0.1, -0.05) is 17.7 Å². The van der Waals surface area contributed by atoms with E-state index in [0.29, 0.717) is 5.95 Å². The average Bonchev–Trinajstić information content (AvgIpc) is 2.56. The highest BCUT2D eigenvalue weighted by molar-refractivity contribution is 5.38. The summed E-state index contributed by atoms with van der Waals surface area (Å²) in [5, 5.41) is 0. The number of nitrogen functional groups attached to an aromatic ring is 1. The van der Waals surface area contributed by atoms with Gasteiger partial charge in [-0.25, -0.2) is 4.98 Å². The fourth-order valence-corrected chi connectivity index (χ4v) is 2.52. The van der Waals surface area contributed by atoms with Gasteiger partial charge in [0.2, 0.25) is 0 Å². The summed E-state index contributed by atoms with van der Waals surface area (Å²) in [5.41, 5.74) is 12.3. The van der Waals surface area contributed by atoms with E-state index in [9.17, 15) is 0 Å². The number of nitrogens with two attached hydrogens (primary N) is 1. The number of hydrogen-bond acceptors (Lipinski definition) is 2. The van der Waals surface area contributed by atoms with E-state index >= 15 is 0 Å². The highest BCUT2D eigenvalue weighted by Crippen LogP contribution is 2.18. The zero-order valence-electron chi connectivity index (χ0n) is 11.6. The molecular formula is C15H21N3. The quantitative estimate of drug-likeness (QED) is 0.900. The second-order valence-corrected chi connectivity index (χ2v) is 5.08. The smallest absolute Gasteiger partial charge is 0.200 e. The molecule has 0 aliphatic rings. The Morgan fingerprint density at radius 1 is 1.11 bits per heavy atom. The number of nitrogens with zero attached hydrogens (tertiary/aromatic N) is 2. The molecule has 0 saturated heterocycles. The Morgan fingerprint density at radius 2 is 1.72 bits per heavy atom. The number of imidazole rings is 1. The van der Waals surface area contributed by atoms with E-state index in [1.807, 2.05) is 17.8 Å². The van der Waals surface area contributed by atoms with Crippen LogP contribution >= 0.6 is 0 Å². The van der Waals surface area contributed by atoms with Crippen LogP contribution in [0.4, 0.5) is 5.95 Å². The Kier molecular flexibility index (Phi) is 3.41. The monoisotopic (exact) mass is 243 g/mol. The van der Waals surface area contributed by atoms with E-state index in [1.165, 1.54) is 22.3 Å². The maximum atomic E-state index is 5.74. The SMILES string of the molecule is Cc1cc(C)c(CCc2cn(C)c(N)n2)c(C)c1. The molecule has 2 N–H and O–H groups in total. The van der Waals surface area contributed by atoms with Gasteiger partial charge in [-0.15, -0.1) is 0 Å². The molecule has 2 aromatic rings. The molecule has 1 heterocycles. The summed E-state index contributed by atoms with van der Waals surface area (Å²) in [6.07, 6.45) is 3.97. The molecule has 2 rings (SSSR count). The first kappa shape index (κ1) is 12.7. The number of aromatic nitrogens is 2. The summed E-state index contributed by atoms with van der Waals surface area (Å²) in [5.74, 6) is 0.586. The fraction of sp³-hybridized carbons (Fsp3) is 0.400. The van der Waals surface area contributed by atoms with Crippen molar-refractivity contribution >= 4 is 5.95 Å². The molecule has 0 saturated carbocycles. The molecule has 1 aromatic carbocycles. The minimum absolute atomic E-state index is 0.586. The van der Waals surface area contributed by atoms with Gasteiger partial charge < -0.3 is 10.3 Å². The largest absolute Gasteiger partial charge is 0.369 e. The molecule has 3 nitrogen and oxygen atoms in total. The molecule has 0 radical (unpaired) electrons. The van der Waals surface area contributed by atoms with Gasteiger partial charge in [0.05, 0.1) is 5.69 Å². The molecule has 0 aliphatic heterocycles. The maximum Gasteiger partial charge on any atom is 0.200 e. The van der Waals surface area contributed by atoms with Crippen LogP contribution in [0.25, 0.3) is 0 Å². The molecule has 0 amide bonds. The van der Waals surface area contributed by atoms with Crippen LogP contribution in [0.5, 0.6) is 0 Å². The Labute approximate surface area is 109 Å². The Hall–Kier alpha value is -1.77. The second kappa shape index (κ2) is 4.84. The Bertz CT molecular complexity index is 525. The molecule has 96 valence electrons. The van der Waals surface area contributed by atoms with Crippen molar-refractivity contribution in [2.45, 2.75) is 33.6 Å². The summed E-state index contributed by atoms with van der Waals surface area (Å²) in [6.45, 7) is 6.51. The zero-order valence-corrected chi connectivity index (χ0v) is 11.6. The van der Waals surface area contributed by atoms with Crippen LogP contribution in [0.2, 0.25) is 0 Å². The van der Waals surface area contributed by atoms with Gasteiger partial charge in [-0.05, 0) is 50.3 Å². The summed E-state index contributed by atoms with van der Waals surface area (Å²) < 4.78 is 1.87. The summed E-state index contributed by atoms with van der Waals surface area (Å²) in [7, 11) is 1.92. The van der Waals surface area contributed by atoms with Crippen LogP contribution in [-0.4, -0.2) is 9.55 Å². The Balaban J connectivity index is 2.15. The van der Waals surface area contributed by atoms with Crippen molar-refractivity contribution in [1.82, 2.24) is 9.55 Å². The van der Waals surface area contributed by atoms with Gasteiger partial charge >= 0.3 is 0 Å². The van der Waals surface area contributed by atoms with Crippen molar-refractivity contribution in [2.75, 3.05) is 5.73 Å². The molecule has 0 aliphatic carbocycles. The van der Waals surface area contributed by atoms with E-state index in [1.54, 1.807) is 0 Å². The van der Waals surface area contributed by atoms with Crippen LogP contribution in [-0.2, 0) is 19.9 Å². The van der Waals surface area contributed by atoms with Crippen LogP contribution in [0, 0.1) is 20.8 Å². The van der Waals surface area contributed by atoms with E-state index in [0.717, 1.165) is 18.5 Å². The van der Waals surface area contributed by atoms with Gasteiger partial charge in [0.15, 0.2) is 5.95 Å². The lowest BCUT2D eigenvalue weighted by atomic mass is 9.96. The van der Waals surface area contributed by atoms with Gasteiger partial charge in [0, 0.05) is 13.2 Å². The molecule has 0 spiro atoms. The van der Waals surface area contributed by atoms with Gasteiger partial charge in [0.1, 0.15) is 0 Å². The molecule has 0 fully saturated rings. The lowest BCUT2D eigenvalue weighted by Gasteiger charge is -2.10. The first-order chi connectivity index (χ1) is 8.47. The van der Waals surface area contributed by atoms with Gasteiger partial charge in [-0.2, -0.15) is 0 Å². The van der Waals surface area contributed by atoms with E-state index < -0.39 is 0 Å². The normalized spacial score (nSPS) is 10.9. The Morgan fingerprint density at radius 3 is 2.22 bits per heavy atom. The van der Waals surface area contributed by atoms with E-state index in [-0.39, 0.29) is 0 Å². The summed E-state index contributed by atoms with van der Waals surface area (Å²) in [4.78, 5) is 4.34. The third-order valence-electron chi connectivity index (χ3n) is 3.43. The highest BCUT2D eigenvalue weighted by atomic mass is 15.1. The molecule has 0 bridgehead atoms. The number of aryl methyl sites for hydroxylation is 5. The third kappa shape index (κ3) is 2.55. The van der Waals surface area contributed by atoms with Crippen LogP contribution in [0.15, 0.2) is 18.3 Å². The van der Waals surface area contributed by atoms with Crippen molar-refractivity contribution in [3.05, 3.63) is 46.3 Å². The van der Waals surface area contributed by atoms with Crippen molar-refractivity contribution in [3.8, 4) is 0 Å². The first-order valence-corrected chi connectivity index (χ1v) is 6.32. The van der Waals surface area contributed by atoms with Crippen molar-refractivity contribution in [3.63, 3.8) is 0 Å². The number of benzene rings is 1. The van der Waals surface area contributed by atoms with Crippen molar-refractivity contribution in [1.29, 1.82) is 0 Å². The molecule has 18 heavy (non-hydrogen) atoms. The predicted octanol–water partition coefficient (Wildman–Crippen LogP) is 2.71. The molecular weight excluding hydrogens is 222 g/mol. The van der Waals surface area contributed by atoms with Crippen LogP contribution in [0.1, 0.15) is 27.9 Å². The summed E-state index contributed by atoms with van der Waals surface area (Å²) >= 11 is 0. The van der Waals surface area contributed by atoms with Gasteiger partial charge in [0.25, 0.3) is 0 Å². The molecule has 1 aromatic heterocycles. The zero-order chi connectivity index (χ0) is 13.3. The standard InChI is InChI=1S/C15H21N3/c1-10-7-11(2)14(12(3)8-10)6-5-13-9-18(4)15(16)17-13/h7-9H,5-6H2,1-4H3,(H2,16,17). The van der Waals surface area contributed by atoms with Crippen LogP contribution < -0.4 is 5.73 Å². The summed E-state index contributed by atoms with van der Waals surface area (Å²) in [6, 6.07) is 4.49. The van der Waals surface area contributed by atoms with Crippen LogP contribution in [0.3, 0.4) is 0 Å². The van der Waals surface area contributed by atoms with E-state index in [4.69, 9.17) is 5.73 Å². The van der Waals surface area contributed by atoms with Gasteiger partial charge in [-0.3, -0.25) is 0 Å². The molecule has 0 unspecified atom stereocenters. The van der Waals surface area contributed by atoms with E-state index in [2.05, 4.69) is 37.9 Å². The second-order valence-electron chi connectivity index (χ2n) is 5.08. The number of anilines is 1. The minimum atomic E-state index is 0.586. The number of rotatable bonds is 3. The average molecular weight is 243 g/mol. The maximum absolute atomic E-state index is 5.74. The van der Waals surface area contributed by atoms with Crippen molar-refractivity contribution < 1.29 is 0 Å². The minimum Gasteiger partial charge on any atom is -0.369 e. The highest BCUT2D eigenvalue weighted by Gasteiger charge is 2.06. The third-order valence-corrected chi connectivity index (χ3v) is 3.43. The molecule has 0 atom stereocenters. The first-order valence-electron chi connectivity index (χ1n) is 6.32.